The normalized spacial score (nSPS) is 10.7. The van der Waals surface area contributed by atoms with Crippen LogP contribution in [-0.4, -0.2) is 30.4 Å². The van der Waals surface area contributed by atoms with Crippen molar-refractivity contribution in [2.75, 3.05) is 14.2 Å². The van der Waals surface area contributed by atoms with Gasteiger partial charge in [0, 0.05) is 17.7 Å². The van der Waals surface area contributed by atoms with Crippen molar-refractivity contribution < 1.29 is 23.4 Å². The molecule has 0 spiro atoms. The number of carbonyl (C=O) groups excluding carboxylic acids is 1. The lowest BCUT2D eigenvalue weighted by atomic mass is 10.2. The van der Waals surface area contributed by atoms with E-state index in [4.69, 9.17) is 18.6 Å². The molecule has 0 bridgehead atoms. The lowest BCUT2D eigenvalue weighted by Crippen LogP contribution is -2.03. The van der Waals surface area contributed by atoms with Gasteiger partial charge in [-0.15, -0.1) is 10.2 Å². The van der Waals surface area contributed by atoms with Crippen LogP contribution in [0.3, 0.4) is 0 Å². The zero-order chi connectivity index (χ0) is 18.4. The largest absolute Gasteiger partial charge is 0.497 e. The molecule has 0 aliphatic heterocycles. The lowest BCUT2D eigenvalue weighted by molar-refractivity contribution is -0.128. The van der Waals surface area contributed by atoms with Gasteiger partial charge in [0.15, 0.2) is 0 Å². The summed E-state index contributed by atoms with van der Waals surface area (Å²) in [5.74, 6) is 1.57. The molecule has 0 aliphatic carbocycles. The molecule has 7 nitrogen and oxygen atoms in total. The van der Waals surface area contributed by atoms with Crippen molar-refractivity contribution in [3.8, 4) is 28.7 Å². The molecule has 0 aliphatic rings. The highest BCUT2D eigenvalue weighted by Crippen LogP contribution is 2.23. The van der Waals surface area contributed by atoms with Crippen LogP contribution in [0.25, 0.3) is 17.5 Å². The molecule has 26 heavy (non-hydrogen) atoms. The van der Waals surface area contributed by atoms with Crippen molar-refractivity contribution in [1.82, 2.24) is 10.2 Å². The number of ether oxygens (including phenoxy) is 3. The third-order valence-corrected chi connectivity index (χ3v) is 3.47. The first-order valence-electron chi connectivity index (χ1n) is 7.67. The van der Waals surface area contributed by atoms with Gasteiger partial charge in [0.25, 0.3) is 0 Å². The summed E-state index contributed by atoms with van der Waals surface area (Å²) in [6.45, 7) is 0. The SMILES string of the molecule is COc1cc(/C=C/C(=O)Oc2ccc(-c3nnco3)cc2)cc(OC)c1. The van der Waals surface area contributed by atoms with Gasteiger partial charge in [-0.05, 0) is 48.0 Å². The number of hydrogen-bond acceptors (Lipinski definition) is 7. The van der Waals surface area contributed by atoms with Crippen molar-refractivity contribution in [2.24, 2.45) is 0 Å². The van der Waals surface area contributed by atoms with Crippen LogP contribution in [0.5, 0.6) is 17.2 Å². The van der Waals surface area contributed by atoms with Crippen molar-refractivity contribution in [1.29, 1.82) is 0 Å². The lowest BCUT2D eigenvalue weighted by Gasteiger charge is -2.06. The summed E-state index contributed by atoms with van der Waals surface area (Å²) in [5, 5.41) is 7.43. The molecule has 3 aromatic rings. The Balaban J connectivity index is 1.66. The van der Waals surface area contributed by atoms with Crippen molar-refractivity contribution in [3.05, 3.63) is 60.5 Å². The van der Waals surface area contributed by atoms with Crippen LogP contribution in [0.1, 0.15) is 5.56 Å². The summed E-state index contributed by atoms with van der Waals surface area (Å²) in [7, 11) is 3.13. The van der Waals surface area contributed by atoms with Gasteiger partial charge >= 0.3 is 5.97 Å². The van der Waals surface area contributed by atoms with Gasteiger partial charge in [-0.3, -0.25) is 0 Å². The number of benzene rings is 2. The number of nitrogens with zero attached hydrogens (tertiary/aromatic N) is 2. The third-order valence-electron chi connectivity index (χ3n) is 3.47. The Labute approximate surface area is 149 Å². The predicted molar refractivity (Wildman–Crippen MR) is 93.9 cm³/mol. The fraction of sp³-hybridized carbons (Fsp3) is 0.105. The van der Waals surface area contributed by atoms with Crippen LogP contribution in [0.15, 0.2) is 59.4 Å². The molecule has 0 radical (unpaired) electrons. The van der Waals surface area contributed by atoms with Gasteiger partial charge in [0.2, 0.25) is 12.3 Å². The second-order valence-corrected chi connectivity index (χ2v) is 5.17. The maximum absolute atomic E-state index is 12.0. The Hall–Kier alpha value is -3.61. The Morgan fingerprint density at radius 3 is 2.27 bits per heavy atom. The molecule has 2 aromatic carbocycles. The van der Waals surface area contributed by atoms with Gasteiger partial charge in [-0.25, -0.2) is 4.79 Å². The number of aromatic nitrogens is 2. The molecule has 0 unspecified atom stereocenters. The van der Waals surface area contributed by atoms with Crippen molar-refractivity contribution in [3.63, 3.8) is 0 Å². The first-order valence-corrected chi connectivity index (χ1v) is 7.67. The summed E-state index contributed by atoms with van der Waals surface area (Å²) >= 11 is 0. The average Bonchev–Trinajstić information content (AvgIpc) is 3.21. The third kappa shape index (κ3) is 4.27. The number of rotatable bonds is 6. The predicted octanol–water partition coefficient (Wildman–Crippen LogP) is 3.37. The molecule has 1 heterocycles. The van der Waals surface area contributed by atoms with E-state index in [9.17, 15) is 4.79 Å². The van der Waals surface area contributed by atoms with Gasteiger partial charge < -0.3 is 18.6 Å². The van der Waals surface area contributed by atoms with Crippen LogP contribution in [0, 0.1) is 0 Å². The highest BCUT2D eigenvalue weighted by atomic mass is 16.5. The number of esters is 1. The minimum Gasteiger partial charge on any atom is -0.497 e. The van der Waals surface area contributed by atoms with E-state index in [-0.39, 0.29) is 0 Å². The van der Waals surface area contributed by atoms with Crippen LogP contribution in [0.4, 0.5) is 0 Å². The monoisotopic (exact) mass is 352 g/mol. The maximum Gasteiger partial charge on any atom is 0.336 e. The molecular weight excluding hydrogens is 336 g/mol. The fourth-order valence-corrected chi connectivity index (χ4v) is 2.20. The molecular formula is C19H16N2O5. The fourth-order valence-electron chi connectivity index (χ4n) is 2.20. The Morgan fingerprint density at radius 1 is 1.00 bits per heavy atom. The zero-order valence-electron chi connectivity index (χ0n) is 14.2. The maximum atomic E-state index is 12.0. The Morgan fingerprint density at radius 2 is 1.69 bits per heavy atom. The van der Waals surface area contributed by atoms with Gasteiger partial charge in [-0.2, -0.15) is 0 Å². The van der Waals surface area contributed by atoms with E-state index in [0.717, 1.165) is 11.1 Å². The van der Waals surface area contributed by atoms with E-state index in [2.05, 4.69) is 10.2 Å². The molecule has 7 heteroatoms. The summed E-state index contributed by atoms with van der Waals surface area (Å²) < 4.78 is 20.8. The van der Waals surface area contributed by atoms with E-state index in [0.29, 0.717) is 23.1 Å². The van der Waals surface area contributed by atoms with E-state index >= 15 is 0 Å². The quantitative estimate of drug-likeness (QED) is 0.382. The highest BCUT2D eigenvalue weighted by molar-refractivity contribution is 5.88. The molecule has 0 saturated carbocycles. The standard InChI is InChI=1S/C19H16N2O5/c1-23-16-9-13(10-17(11-16)24-2)3-8-18(22)26-15-6-4-14(5-7-15)19-21-20-12-25-19/h3-12H,1-2H3/b8-3+. The minimum atomic E-state index is -0.502. The van der Waals surface area contributed by atoms with Crippen LogP contribution >= 0.6 is 0 Å². The first-order chi connectivity index (χ1) is 12.7. The molecule has 132 valence electrons. The van der Waals surface area contributed by atoms with Crippen molar-refractivity contribution >= 4 is 12.0 Å². The second kappa shape index (κ2) is 7.98. The summed E-state index contributed by atoms with van der Waals surface area (Å²) in [6.07, 6.45) is 4.21. The number of hydrogen-bond donors (Lipinski definition) is 0. The number of methoxy groups -OCH3 is 2. The van der Waals surface area contributed by atoms with E-state index in [1.807, 2.05) is 0 Å². The van der Waals surface area contributed by atoms with Gasteiger partial charge in [-0.1, -0.05) is 0 Å². The second-order valence-electron chi connectivity index (χ2n) is 5.17. The smallest absolute Gasteiger partial charge is 0.336 e. The highest BCUT2D eigenvalue weighted by Gasteiger charge is 2.06. The van der Waals surface area contributed by atoms with E-state index < -0.39 is 5.97 Å². The summed E-state index contributed by atoms with van der Waals surface area (Å²) in [6, 6.07) is 12.1. The molecule has 0 amide bonds. The van der Waals surface area contributed by atoms with Crippen LogP contribution < -0.4 is 14.2 Å². The molecule has 0 N–H and O–H groups in total. The van der Waals surface area contributed by atoms with Gasteiger partial charge in [0.05, 0.1) is 14.2 Å². The summed E-state index contributed by atoms with van der Waals surface area (Å²) in [5.41, 5.74) is 1.49. The Kier molecular flexibility index (Phi) is 5.28. The molecule has 0 fully saturated rings. The van der Waals surface area contributed by atoms with E-state index in [1.54, 1.807) is 62.8 Å². The molecule has 1 aromatic heterocycles. The van der Waals surface area contributed by atoms with Crippen LogP contribution in [-0.2, 0) is 4.79 Å². The van der Waals surface area contributed by atoms with Crippen molar-refractivity contribution in [2.45, 2.75) is 0 Å². The van der Waals surface area contributed by atoms with Gasteiger partial charge in [0.1, 0.15) is 17.2 Å². The zero-order valence-corrected chi connectivity index (χ0v) is 14.2. The Bertz CT molecular complexity index is 880. The van der Waals surface area contributed by atoms with Crippen LogP contribution in [0.2, 0.25) is 0 Å². The first kappa shape index (κ1) is 17.2. The van der Waals surface area contributed by atoms with E-state index in [1.165, 1.54) is 12.5 Å². The topological polar surface area (TPSA) is 83.7 Å². The molecule has 0 atom stereocenters. The minimum absolute atomic E-state index is 0.398. The summed E-state index contributed by atoms with van der Waals surface area (Å²) in [4.78, 5) is 12.0. The molecule has 3 rings (SSSR count). The number of carbonyl (C=O) groups is 1. The average molecular weight is 352 g/mol. The molecule has 0 saturated heterocycles.